The maximum atomic E-state index is 12.0. The van der Waals surface area contributed by atoms with Crippen molar-refractivity contribution >= 4 is 28.6 Å². The van der Waals surface area contributed by atoms with E-state index in [-0.39, 0.29) is 5.91 Å². The van der Waals surface area contributed by atoms with Crippen molar-refractivity contribution in [3.8, 4) is 0 Å². The van der Waals surface area contributed by atoms with Gasteiger partial charge in [-0.1, -0.05) is 18.2 Å². The van der Waals surface area contributed by atoms with E-state index in [1.807, 2.05) is 24.3 Å². The average Bonchev–Trinajstić information content (AvgIpc) is 3.12. The highest BCUT2D eigenvalue weighted by Crippen LogP contribution is 2.15. The van der Waals surface area contributed by atoms with Crippen molar-refractivity contribution in [2.24, 2.45) is 0 Å². The molecule has 1 amide bonds. The van der Waals surface area contributed by atoms with Crippen molar-refractivity contribution in [1.29, 1.82) is 0 Å². The molecule has 0 unspecified atom stereocenters. The van der Waals surface area contributed by atoms with E-state index in [0.717, 1.165) is 21.7 Å². The summed E-state index contributed by atoms with van der Waals surface area (Å²) in [6, 6.07) is 7.54. The zero-order chi connectivity index (χ0) is 13.8. The van der Waals surface area contributed by atoms with Crippen LogP contribution in [0.25, 0.3) is 10.9 Å². The Morgan fingerprint density at radius 2 is 2.20 bits per heavy atom. The normalized spacial score (nSPS) is 10.8. The third-order valence-electron chi connectivity index (χ3n) is 2.72. The number of hydrogen-bond donors (Lipinski definition) is 3. The fourth-order valence-electron chi connectivity index (χ4n) is 1.80. The van der Waals surface area contributed by atoms with Gasteiger partial charge in [-0.2, -0.15) is 15.4 Å². The summed E-state index contributed by atoms with van der Waals surface area (Å²) in [7, 11) is 0. The predicted octanol–water partition coefficient (Wildman–Crippen LogP) is 1.20. The molecule has 20 heavy (non-hydrogen) atoms. The number of H-pyrrole nitrogens is 2. The Kier molecular flexibility index (Phi) is 3.64. The zero-order valence-electron chi connectivity index (χ0n) is 10.5. The SMILES string of the molecule is O=C(NCCSc1cn[nH]n1)c1n[nH]c2ccccc12. The molecule has 0 aliphatic rings. The molecule has 0 atom stereocenters. The lowest BCUT2D eigenvalue weighted by Gasteiger charge is -2.02. The Morgan fingerprint density at radius 1 is 1.30 bits per heavy atom. The van der Waals surface area contributed by atoms with E-state index in [4.69, 9.17) is 0 Å². The highest BCUT2D eigenvalue weighted by molar-refractivity contribution is 7.99. The molecule has 0 spiro atoms. The van der Waals surface area contributed by atoms with Crippen LogP contribution in [0.4, 0.5) is 0 Å². The quantitative estimate of drug-likeness (QED) is 0.484. The van der Waals surface area contributed by atoms with Gasteiger partial charge in [0, 0.05) is 17.7 Å². The monoisotopic (exact) mass is 288 g/mol. The minimum Gasteiger partial charge on any atom is -0.350 e. The van der Waals surface area contributed by atoms with Crippen LogP contribution in [-0.2, 0) is 0 Å². The second kappa shape index (κ2) is 5.74. The average molecular weight is 288 g/mol. The molecule has 3 rings (SSSR count). The van der Waals surface area contributed by atoms with Gasteiger partial charge in [-0.15, -0.1) is 16.9 Å². The van der Waals surface area contributed by atoms with Gasteiger partial charge in [0.25, 0.3) is 5.91 Å². The number of amides is 1. The van der Waals surface area contributed by atoms with E-state index in [1.165, 1.54) is 11.8 Å². The van der Waals surface area contributed by atoms with Gasteiger partial charge in [0.15, 0.2) is 5.69 Å². The third-order valence-corrected chi connectivity index (χ3v) is 3.62. The summed E-state index contributed by atoms with van der Waals surface area (Å²) in [5.74, 6) is 0.545. The molecule has 2 heterocycles. The lowest BCUT2D eigenvalue weighted by atomic mass is 10.2. The number of aromatic amines is 2. The molecule has 8 heteroatoms. The number of thioether (sulfide) groups is 1. The number of fused-ring (bicyclic) bond motifs is 1. The van der Waals surface area contributed by atoms with Crippen molar-refractivity contribution in [3.63, 3.8) is 0 Å². The lowest BCUT2D eigenvalue weighted by molar-refractivity contribution is 0.0953. The smallest absolute Gasteiger partial charge is 0.272 e. The first-order chi connectivity index (χ1) is 9.84. The summed E-state index contributed by atoms with van der Waals surface area (Å²) in [6.45, 7) is 0.539. The minimum atomic E-state index is -0.178. The standard InChI is InChI=1S/C12H12N6OS/c19-12(13-5-6-20-10-7-14-18-16-10)11-8-3-1-2-4-9(8)15-17-11/h1-4,7H,5-6H2,(H,13,19)(H,15,17)(H,14,16,18). The van der Waals surface area contributed by atoms with Crippen LogP contribution in [0, 0.1) is 0 Å². The highest BCUT2D eigenvalue weighted by atomic mass is 32.2. The van der Waals surface area contributed by atoms with E-state index in [2.05, 4.69) is 30.9 Å². The third kappa shape index (κ3) is 2.64. The van der Waals surface area contributed by atoms with Crippen LogP contribution in [0.5, 0.6) is 0 Å². The highest BCUT2D eigenvalue weighted by Gasteiger charge is 2.12. The van der Waals surface area contributed by atoms with Gasteiger partial charge >= 0.3 is 0 Å². The van der Waals surface area contributed by atoms with E-state index >= 15 is 0 Å². The summed E-state index contributed by atoms with van der Waals surface area (Å²) in [5, 5.41) is 21.5. The molecule has 0 saturated carbocycles. The molecule has 0 saturated heterocycles. The number of para-hydroxylation sites is 1. The molecule has 3 N–H and O–H groups in total. The number of hydrogen-bond acceptors (Lipinski definition) is 5. The molecule has 0 aliphatic carbocycles. The summed E-state index contributed by atoms with van der Waals surface area (Å²) < 4.78 is 0. The van der Waals surface area contributed by atoms with Gasteiger partial charge in [-0.3, -0.25) is 9.89 Å². The van der Waals surface area contributed by atoms with Gasteiger partial charge in [0.1, 0.15) is 5.03 Å². The number of carbonyl (C=O) groups is 1. The van der Waals surface area contributed by atoms with Gasteiger partial charge in [0.2, 0.25) is 0 Å². The van der Waals surface area contributed by atoms with Crippen LogP contribution < -0.4 is 5.32 Å². The van der Waals surface area contributed by atoms with Gasteiger partial charge in [-0.05, 0) is 6.07 Å². The molecule has 0 aliphatic heterocycles. The van der Waals surface area contributed by atoms with Gasteiger partial charge in [0.05, 0.1) is 11.7 Å². The zero-order valence-corrected chi connectivity index (χ0v) is 11.3. The van der Waals surface area contributed by atoms with Crippen LogP contribution in [0.1, 0.15) is 10.5 Å². The molecule has 3 aromatic rings. The molecule has 0 fully saturated rings. The largest absolute Gasteiger partial charge is 0.350 e. The maximum Gasteiger partial charge on any atom is 0.272 e. The van der Waals surface area contributed by atoms with E-state index in [9.17, 15) is 4.79 Å². The maximum absolute atomic E-state index is 12.0. The summed E-state index contributed by atoms with van der Waals surface area (Å²) in [6.07, 6.45) is 1.65. The first kappa shape index (κ1) is 12.7. The molecule has 0 radical (unpaired) electrons. The molecule has 102 valence electrons. The molecular weight excluding hydrogens is 276 g/mol. The van der Waals surface area contributed by atoms with E-state index in [0.29, 0.717) is 12.2 Å². The lowest BCUT2D eigenvalue weighted by Crippen LogP contribution is -2.26. The van der Waals surface area contributed by atoms with Crippen molar-refractivity contribution in [1.82, 2.24) is 30.9 Å². The first-order valence-corrected chi connectivity index (χ1v) is 7.03. The minimum absolute atomic E-state index is 0.178. The summed E-state index contributed by atoms with van der Waals surface area (Å²) >= 11 is 1.52. The van der Waals surface area contributed by atoms with E-state index < -0.39 is 0 Å². The van der Waals surface area contributed by atoms with E-state index in [1.54, 1.807) is 6.20 Å². The predicted molar refractivity (Wildman–Crippen MR) is 75.5 cm³/mol. The van der Waals surface area contributed by atoms with Crippen molar-refractivity contribution in [2.45, 2.75) is 5.03 Å². The Bertz CT molecular complexity index is 708. The van der Waals surface area contributed by atoms with Gasteiger partial charge in [-0.25, -0.2) is 0 Å². The topological polar surface area (TPSA) is 99.3 Å². The van der Waals surface area contributed by atoms with Crippen molar-refractivity contribution in [2.75, 3.05) is 12.3 Å². The molecular formula is C12H12N6OS. The fraction of sp³-hybridized carbons (Fsp3) is 0.167. The fourth-order valence-corrected chi connectivity index (χ4v) is 2.45. The Labute approximate surface area is 118 Å². The second-order valence-electron chi connectivity index (χ2n) is 4.03. The van der Waals surface area contributed by atoms with Crippen molar-refractivity contribution < 1.29 is 4.79 Å². The molecule has 2 aromatic heterocycles. The number of nitrogens with one attached hydrogen (secondary N) is 3. The Hall–Kier alpha value is -2.35. The van der Waals surface area contributed by atoms with Gasteiger partial charge < -0.3 is 5.32 Å². The number of rotatable bonds is 5. The summed E-state index contributed by atoms with van der Waals surface area (Å²) in [5.41, 5.74) is 1.28. The van der Waals surface area contributed by atoms with Crippen LogP contribution in [0.15, 0.2) is 35.5 Å². The number of benzene rings is 1. The van der Waals surface area contributed by atoms with Crippen LogP contribution in [0.2, 0.25) is 0 Å². The van der Waals surface area contributed by atoms with Crippen LogP contribution in [-0.4, -0.2) is 43.8 Å². The number of carbonyl (C=O) groups excluding carboxylic acids is 1. The first-order valence-electron chi connectivity index (χ1n) is 6.04. The summed E-state index contributed by atoms with van der Waals surface area (Å²) in [4.78, 5) is 12.0. The number of nitrogens with zero attached hydrogens (tertiary/aromatic N) is 3. The van der Waals surface area contributed by atoms with Crippen LogP contribution in [0.3, 0.4) is 0 Å². The molecule has 0 bridgehead atoms. The molecule has 1 aromatic carbocycles. The second-order valence-corrected chi connectivity index (χ2v) is 5.15. The Balaban J connectivity index is 1.56. The van der Waals surface area contributed by atoms with Crippen molar-refractivity contribution in [3.05, 3.63) is 36.2 Å². The Morgan fingerprint density at radius 3 is 3.05 bits per heavy atom. The van der Waals surface area contributed by atoms with Crippen LogP contribution >= 0.6 is 11.8 Å². The molecule has 7 nitrogen and oxygen atoms in total. The number of aromatic nitrogens is 5.